The summed E-state index contributed by atoms with van der Waals surface area (Å²) in [6, 6.07) is 4.11. The van der Waals surface area contributed by atoms with Gasteiger partial charge < -0.3 is 4.74 Å². The van der Waals surface area contributed by atoms with E-state index in [9.17, 15) is 9.18 Å². The van der Waals surface area contributed by atoms with Crippen LogP contribution in [0.15, 0.2) is 23.2 Å². The average Bonchev–Trinajstić information content (AvgIpc) is 2.40. The molecule has 0 N–H and O–H groups in total. The predicted octanol–water partition coefficient (Wildman–Crippen LogP) is 3.93. The monoisotopic (exact) mass is 299 g/mol. The van der Waals surface area contributed by atoms with E-state index < -0.39 is 11.8 Å². The molecule has 6 heteroatoms. The number of ether oxygens (including phenoxy) is 1. The molecular formula is C13H11ClFNO2S. The summed E-state index contributed by atoms with van der Waals surface area (Å²) in [5, 5.41) is 1.08. The smallest absolute Gasteiger partial charge is 0.342 e. The Hall–Kier alpha value is -1.33. The SMILES string of the molecule is CCSc1nc2ccc(F)cc2c(Cl)c1C(=O)OC. The van der Waals surface area contributed by atoms with Crippen molar-refractivity contribution in [3.63, 3.8) is 0 Å². The highest BCUT2D eigenvalue weighted by atomic mass is 35.5. The lowest BCUT2D eigenvalue weighted by Crippen LogP contribution is -2.06. The first-order chi connectivity index (χ1) is 9.08. The van der Waals surface area contributed by atoms with Crippen LogP contribution in [-0.4, -0.2) is 23.8 Å². The molecule has 0 atom stereocenters. The van der Waals surface area contributed by atoms with Gasteiger partial charge in [-0.2, -0.15) is 0 Å². The number of fused-ring (bicyclic) bond motifs is 1. The van der Waals surface area contributed by atoms with E-state index in [0.29, 0.717) is 15.9 Å². The van der Waals surface area contributed by atoms with Gasteiger partial charge in [0.05, 0.1) is 17.6 Å². The third kappa shape index (κ3) is 2.67. The standard InChI is InChI=1S/C13H11ClFNO2S/c1-3-19-12-10(13(17)18-2)11(14)8-6-7(15)4-5-9(8)16-12/h4-6H,3H2,1-2H3. The first kappa shape index (κ1) is 14.1. The van der Waals surface area contributed by atoms with E-state index in [-0.39, 0.29) is 10.6 Å². The molecule has 19 heavy (non-hydrogen) atoms. The van der Waals surface area contributed by atoms with Gasteiger partial charge in [-0.15, -0.1) is 11.8 Å². The number of hydrogen-bond donors (Lipinski definition) is 0. The summed E-state index contributed by atoms with van der Waals surface area (Å²) < 4.78 is 18.0. The molecule has 0 spiro atoms. The highest BCUT2D eigenvalue weighted by molar-refractivity contribution is 7.99. The highest BCUT2D eigenvalue weighted by Gasteiger charge is 2.21. The third-order valence-electron chi connectivity index (χ3n) is 2.52. The van der Waals surface area contributed by atoms with Crippen LogP contribution in [0.2, 0.25) is 5.02 Å². The Bertz CT molecular complexity index is 648. The van der Waals surface area contributed by atoms with Crippen LogP contribution in [0.1, 0.15) is 17.3 Å². The van der Waals surface area contributed by atoms with Crippen molar-refractivity contribution in [1.29, 1.82) is 0 Å². The Kier molecular flexibility index (Phi) is 4.27. The van der Waals surface area contributed by atoms with Gasteiger partial charge in [-0.3, -0.25) is 0 Å². The van der Waals surface area contributed by atoms with Crippen molar-refractivity contribution >= 4 is 40.2 Å². The van der Waals surface area contributed by atoms with E-state index in [4.69, 9.17) is 16.3 Å². The minimum absolute atomic E-state index is 0.173. The molecule has 2 rings (SSSR count). The second-order valence-corrected chi connectivity index (χ2v) is 5.32. The summed E-state index contributed by atoms with van der Waals surface area (Å²) in [7, 11) is 1.27. The molecule has 0 aliphatic rings. The maximum Gasteiger partial charge on any atom is 0.342 e. The van der Waals surface area contributed by atoms with Crippen molar-refractivity contribution in [2.45, 2.75) is 11.9 Å². The third-order valence-corrected chi connectivity index (χ3v) is 3.77. The van der Waals surface area contributed by atoms with E-state index in [0.717, 1.165) is 5.75 Å². The molecule has 1 aromatic heterocycles. The minimum atomic E-state index is -0.570. The summed E-state index contributed by atoms with van der Waals surface area (Å²) in [5.41, 5.74) is 0.740. The van der Waals surface area contributed by atoms with Crippen LogP contribution in [0.5, 0.6) is 0 Å². The Morgan fingerprint density at radius 1 is 1.53 bits per heavy atom. The van der Waals surface area contributed by atoms with Crippen molar-refractivity contribution in [3.05, 3.63) is 34.6 Å². The summed E-state index contributed by atoms with van der Waals surface area (Å²) in [4.78, 5) is 16.2. The van der Waals surface area contributed by atoms with Crippen LogP contribution < -0.4 is 0 Å². The number of rotatable bonds is 3. The lowest BCUT2D eigenvalue weighted by atomic mass is 10.1. The maximum atomic E-state index is 13.3. The minimum Gasteiger partial charge on any atom is -0.465 e. The lowest BCUT2D eigenvalue weighted by Gasteiger charge is -2.10. The zero-order chi connectivity index (χ0) is 14.0. The Morgan fingerprint density at radius 3 is 2.89 bits per heavy atom. The van der Waals surface area contributed by atoms with E-state index >= 15 is 0 Å². The van der Waals surface area contributed by atoms with Gasteiger partial charge in [0.25, 0.3) is 0 Å². The van der Waals surface area contributed by atoms with Gasteiger partial charge in [0.2, 0.25) is 0 Å². The number of thioether (sulfide) groups is 1. The molecule has 0 amide bonds. The fourth-order valence-electron chi connectivity index (χ4n) is 1.70. The molecule has 1 aromatic carbocycles. The lowest BCUT2D eigenvalue weighted by molar-refractivity contribution is 0.0596. The first-order valence-electron chi connectivity index (χ1n) is 5.58. The van der Waals surface area contributed by atoms with E-state index in [1.54, 1.807) is 0 Å². The fourth-order valence-corrected chi connectivity index (χ4v) is 2.84. The summed E-state index contributed by atoms with van der Waals surface area (Å²) in [5.74, 6) is -0.262. The molecule has 1 heterocycles. The van der Waals surface area contributed by atoms with Gasteiger partial charge in [-0.1, -0.05) is 18.5 Å². The van der Waals surface area contributed by atoms with Crippen LogP contribution >= 0.6 is 23.4 Å². The number of methoxy groups -OCH3 is 1. The zero-order valence-electron chi connectivity index (χ0n) is 10.4. The first-order valence-corrected chi connectivity index (χ1v) is 6.94. The van der Waals surface area contributed by atoms with Crippen LogP contribution in [0.25, 0.3) is 10.9 Å². The van der Waals surface area contributed by atoms with Gasteiger partial charge in [-0.25, -0.2) is 14.2 Å². The summed E-state index contributed by atoms with van der Waals surface area (Å²) >= 11 is 7.60. The number of nitrogens with zero attached hydrogens (tertiary/aromatic N) is 1. The van der Waals surface area contributed by atoms with Crippen molar-refractivity contribution in [3.8, 4) is 0 Å². The normalized spacial score (nSPS) is 10.7. The van der Waals surface area contributed by atoms with E-state index in [1.807, 2.05) is 6.92 Å². The van der Waals surface area contributed by atoms with Gasteiger partial charge in [0.15, 0.2) is 0 Å². The Labute approximate surface area is 119 Å². The zero-order valence-corrected chi connectivity index (χ0v) is 11.9. The molecule has 0 bridgehead atoms. The number of halogens is 2. The number of carbonyl (C=O) groups excluding carboxylic acids is 1. The molecule has 3 nitrogen and oxygen atoms in total. The largest absolute Gasteiger partial charge is 0.465 e. The molecule has 0 saturated heterocycles. The molecule has 0 fully saturated rings. The quantitative estimate of drug-likeness (QED) is 0.636. The predicted molar refractivity (Wildman–Crippen MR) is 74.4 cm³/mol. The van der Waals surface area contributed by atoms with E-state index in [2.05, 4.69) is 4.98 Å². The van der Waals surface area contributed by atoms with Gasteiger partial charge in [0.1, 0.15) is 16.4 Å². The molecule has 0 saturated carbocycles. The van der Waals surface area contributed by atoms with Crippen molar-refractivity contribution in [2.24, 2.45) is 0 Å². The van der Waals surface area contributed by atoms with Crippen molar-refractivity contribution < 1.29 is 13.9 Å². The van der Waals surface area contributed by atoms with E-state index in [1.165, 1.54) is 37.1 Å². The van der Waals surface area contributed by atoms with Crippen LogP contribution in [0.4, 0.5) is 4.39 Å². The number of benzene rings is 1. The van der Waals surface area contributed by atoms with Crippen molar-refractivity contribution in [2.75, 3.05) is 12.9 Å². The fraction of sp³-hybridized carbons (Fsp3) is 0.231. The number of carbonyl (C=O) groups is 1. The van der Waals surface area contributed by atoms with Crippen LogP contribution in [-0.2, 0) is 4.74 Å². The van der Waals surface area contributed by atoms with Gasteiger partial charge in [0, 0.05) is 5.39 Å². The Morgan fingerprint density at radius 2 is 2.26 bits per heavy atom. The van der Waals surface area contributed by atoms with Crippen molar-refractivity contribution in [1.82, 2.24) is 4.98 Å². The molecule has 0 radical (unpaired) electrons. The number of aromatic nitrogens is 1. The number of hydrogen-bond acceptors (Lipinski definition) is 4. The van der Waals surface area contributed by atoms with Gasteiger partial charge >= 0.3 is 5.97 Å². The average molecular weight is 300 g/mol. The molecule has 0 unspecified atom stereocenters. The van der Waals surface area contributed by atoms with Gasteiger partial charge in [-0.05, 0) is 24.0 Å². The molecule has 0 aliphatic carbocycles. The highest BCUT2D eigenvalue weighted by Crippen LogP contribution is 2.33. The van der Waals surface area contributed by atoms with Crippen LogP contribution in [0.3, 0.4) is 0 Å². The molecular weight excluding hydrogens is 289 g/mol. The second kappa shape index (κ2) is 5.75. The van der Waals surface area contributed by atoms with Crippen LogP contribution in [0, 0.1) is 5.82 Å². The second-order valence-electron chi connectivity index (χ2n) is 3.69. The summed E-state index contributed by atoms with van der Waals surface area (Å²) in [6.07, 6.45) is 0. The Balaban J connectivity index is 2.77. The summed E-state index contributed by atoms with van der Waals surface area (Å²) in [6.45, 7) is 1.94. The number of esters is 1. The molecule has 0 aliphatic heterocycles. The maximum absolute atomic E-state index is 13.3. The molecule has 100 valence electrons. The number of pyridine rings is 1. The molecule has 2 aromatic rings. The topological polar surface area (TPSA) is 39.2 Å².